The van der Waals surface area contributed by atoms with Gasteiger partial charge in [-0.2, -0.15) is 0 Å². The highest BCUT2D eigenvalue weighted by Crippen LogP contribution is 2.36. The molecule has 0 saturated heterocycles. The van der Waals surface area contributed by atoms with Crippen molar-refractivity contribution in [3.8, 4) is 0 Å². The third-order valence-electron chi connectivity index (χ3n) is 5.27. The molecule has 0 aliphatic heterocycles. The van der Waals surface area contributed by atoms with E-state index in [1.807, 2.05) is 30.3 Å². The molecule has 31 heavy (non-hydrogen) atoms. The van der Waals surface area contributed by atoms with Crippen LogP contribution in [-0.4, -0.2) is 57.1 Å². The molecule has 0 aliphatic rings. The van der Waals surface area contributed by atoms with E-state index in [0.29, 0.717) is 19.7 Å². The minimum atomic E-state index is -3.11. The molecule has 1 aromatic rings. The van der Waals surface area contributed by atoms with Gasteiger partial charge in [-0.3, -0.25) is 4.90 Å². The maximum Gasteiger partial charge on any atom is 0.407 e. The number of halogens is 2. The van der Waals surface area contributed by atoms with Crippen molar-refractivity contribution in [2.24, 2.45) is 0 Å². The number of benzene rings is 1. The van der Waals surface area contributed by atoms with Crippen LogP contribution in [0.2, 0.25) is 18.1 Å². The molecule has 0 atom stereocenters. The van der Waals surface area contributed by atoms with Gasteiger partial charge in [0.2, 0.25) is 0 Å². The minimum Gasteiger partial charge on any atom is -0.444 e. The van der Waals surface area contributed by atoms with E-state index in [-0.39, 0.29) is 5.04 Å². The van der Waals surface area contributed by atoms with E-state index in [4.69, 9.17) is 9.16 Å². The molecule has 5 nitrogen and oxygen atoms in total. The van der Waals surface area contributed by atoms with Gasteiger partial charge in [-0.15, -0.1) is 0 Å². The first kappa shape index (κ1) is 27.5. The second-order valence-electron chi connectivity index (χ2n) is 10.5. The van der Waals surface area contributed by atoms with E-state index in [1.54, 1.807) is 25.7 Å². The molecular weight excluding hydrogens is 418 g/mol. The average molecular weight is 459 g/mol. The van der Waals surface area contributed by atoms with E-state index in [1.165, 1.54) is 0 Å². The van der Waals surface area contributed by atoms with E-state index < -0.39 is 39.0 Å². The molecule has 1 amide bonds. The van der Waals surface area contributed by atoms with Gasteiger partial charge >= 0.3 is 6.09 Å². The van der Waals surface area contributed by atoms with Crippen molar-refractivity contribution in [3.63, 3.8) is 0 Å². The van der Waals surface area contributed by atoms with E-state index in [0.717, 1.165) is 5.56 Å². The summed E-state index contributed by atoms with van der Waals surface area (Å²) in [6.07, 6.45) is -0.844. The van der Waals surface area contributed by atoms with Crippen LogP contribution < -0.4 is 5.32 Å². The Bertz CT molecular complexity index is 686. The van der Waals surface area contributed by atoms with Crippen molar-refractivity contribution >= 4 is 14.4 Å². The lowest BCUT2D eigenvalue weighted by Gasteiger charge is -2.37. The summed E-state index contributed by atoms with van der Waals surface area (Å²) in [5, 5.41) is 2.24. The van der Waals surface area contributed by atoms with Crippen LogP contribution in [0, 0.1) is 0 Å². The highest BCUT2D eigenvalue weighted by Gasteiger charge is 2.37. The van der Waals surface area contributed by atoms with Crippen LogP contribution in [0.15, 0.2) is 30.3 Å². The predicted molar refractivity (Wildman–Crippen MR) is 124 cm³/mol. The third-order valence-corrected chi connectivity index (χ3v) is 9.81. The molecule has 0 fully saturated rings. The lowest BCUT2D eigenvalue weighted by molar-refractivity contribution is -0.0371. The summed E-state index contributed by atoms with van der Waals surface area (Å²) < 4.78 is 40.6. The minimum absolute atomic E-state index is 0.0541. The molecule has 0 aliphatic carbocycles. The van der Waals surface area contributed by atoms with Crippen molar-refractivity contribution in [3.05, 3.63) is 35.9 Å². The Morgan fingerprint density at radius 2 is 1.65 bits per heavy atom. The number of carbonyl (C=O) groups is 1. The fraction of sp³-hybridized carbons (Fsp3) is 0.696. The number of ether oxygens (including phenoxy) is 1. The summed E-state index contributed by atoms with van der Waals surface area (Å²) in [6, 6.07) is 9.51. The normalized spacial score (nSPS) is 13.4. The molecule has 178 valence electrons. The molecule has 0 saturated carbocycles. The second kappa shape index (κ2) is 10.9. The lowest BCUT2D eigenvalue weighted by Crippen LogP contribution is -2.47. The summed E-state index contributed by atoms with van der Waals surface area (Å²) in [4.78, 5) is 13.4. The molecule has 8 heteroatoms. The molecule has 0 spiro atoms. The maximum atomic E-state index is 14.7. The Hall–Kier alpha value is -1.51. The first-order valence-electron chi connectivity index (χ1n) is 10.8. The van der Waals surface area contributed by atoms with Crippen LogP contribution in [0.4, 0.5) is 13.6 Å². The monoisotopic (exact) mass is 458 g/mol. The average Bonchev–Trinajstić information content (AvgIpc) is 2.58. The fourth-order valence-electron chi connectivity index (χ4n) is 2.60. The number of carbonyl (C=O) groups excluding carboxylic acids is 1. The summed E-state index contributed by atoms with van der Waals surface area (Å²) in [5.41, 5.74) is 0.213. The van der Waals surface area contributed by atoms with Crippen LogP contribution >= 0.6 is 0 Å². The third kappa shape index (κ3) is 11.1. The number of nitrogens with zero attached hydrogens (tertiary/aromatic N) is 1. The predicted octanol–water partition coefficient (Wildman–Crippen LogP) is 5.67. The van der Waals surface area contributed by atoms with Gasteiger partial charge in [0, 0.05) is 19.7 Å². The van der Waals surface area contributed by atoms with E-state index in [9.17, 15) is 13.6 Å². The quantitative estimate of drug-likeness (QED) is 0.459. The zero-order chi connectivity index (χ0) is 23.9. The van der Waals surface area contributed by atoms with Crippen molar-refractivity contribution in [1.29, 1.82) is 0 Å². The van der Waals surface area contributed by atoms with Crippen LogP contribution in [0.5, 0.6) is 0 Å². The van der Waals surface area contributed by atoms with E-state index in [2.05, 4.69) is 39.2 Å². The molecule has 0 aromatic heterocycles. The van der Waals surface area contributed by atoms with E-state index >= 15 is 0 Å². The number of alkyl halides is 2. The first-order chi connectivity index (χ1) is 14.0. The maximum absolute atomic E-state index is 14.7. The van der Waals surface area contributed by atoms with Gasteiger partial charge in [0.25, 0.3) is 5.92 Å². The van der Waals surface area contributed by atoms with Crippen LogP contribution in [0.3, 0.4) is 0 Å². The van der Waals surface area contributed by atoms with Crippen molar-refractivity contribution in [1.82, 2.24) is 10.2 Å². The summed E-state index contributed by atoms with van der Waals surface area (Å²) >= 11 is 0. The van der Waals surface area contributed by atoms with Crippen molar-refractivity contribution in [2.45, 2.75) is 77.7 Å². The number of hydrogen-bond donors (Lipinski definition) is 1. The van der Waals surface area contributed by atoms with Crippen molar-refractivity contribution < 1.29 is 22.7 Å². The zero-order valence-electron chi connectivity index (χ0n) is 20.4. The molecule has 1 N–H and O–H groups in total. The molecule has 0 bridgehead atoms. The Morgan fingerprint density at radius 1 is 1.06 bits per heavy atom. The summed E-state index contributed by atoms with van der Waals surface area (Å²) in [6.45, 7) is 15.7. The van der Waals surface area contributed by atoms with Gasteiger partial charge in [-0.05, 0) is 44.5 Å². The fourth-order valence-corrected chi connectivity index (χ4v) is 3.64. The highest BCUT2D eigenvalue weighted by molar-refractivity contribution is 6.74. The van der Waals surface area contributed by atoms with Crippen LogP contribution in [0.25, 0.3) is 0 Å². The van der Waals surface area contributed by atoms with Gasteiger partial charge in [0.1, 0.15) is 5.60 Å². The topological polar surface area (TPSA) is 50.8 Å². The highest BCUT2D eigenvalue weighted by atomic mass is 28.4. The lowest BCUT2D eigenvalue weighted by atomic mass is 10.2. The Balaban J connectivity index is 2.75. The van der Waals surface area contributed by atoms with Gasteiger partial charge in [0.05, 0.1) is 13.1 Å². The van der Waals surface area contributed by atoms with Crippen LogP contribution in [0.1, 0.15) is 47.1 Å². The molecule has 0 unspecified atom stereocenters. The molecule has 0 heterocycles. The molecule has 0 radical (unpaired) electrons. The first-order valence-corrected chi connectivity index (χ1v) is 13.7. The van der Waals surface area contributed by atoms with Gasteiger partial charge in [0.15, 0.2) is 8.32 Å². The Labute approximate surface area is 187 Å². The van der Waals surface area contributed by atoms with Gasteiger partial charge in [-0.1, -0.05) is 51.1 Å². The number of rotatable bonds is 10. The summed E-state index contributed by atoms with van der Waals surface area (Å²) in [7, 11) is -1.96. The number of alkyl carbamates (subject to hydrolysis) is 1. The zero-order valence-corrected chi connectivity index (χ0v) is 21.4. The summed E-state index contributed by atoms with van der Waals surface area (Å²) in [5.74, 6) is -3.11. The van der Waals surface area contributed by atoms with Gasteiger partial charge < -0.3 is 14.5 Å². The Morgan fingerprint density at radius 3 is 2.16 bits per heavy atom. The standard InChI is InChI=1S/C23H40F2N2O3Si/c1-21(2,3)30-20(28)26-17-23(24,25)18-27(16-19-12-10-9-11-13-19)14-15-29-31(7,8)22(4,5)6/h9-13H,14-18H2,1-8H3,(H,26,28). The largest absolute Gasteiger partial charge is 0.444 e. The smallest absolute Gasteiger partial charge is 0.407 e. The van der Waals surface area contributed by atoms with Gasteiger partial charge in [-0.25, -0.2) is 13.6 Å². The molecule has 1 aromatic carbocycles. The number of nitrogens with one attached hydrogen (secondary N) is 1. The number of amides is 1. The number of hydrogen-bond acceptors (Lipinski definition) is 4. The second-order valence-corrected chi connectivity index (χ2v) is 15.3. The Kier molecular flexibility index (Phi) is 9.65. The van der Waals surface area contributed by atoms with Crippen LogP contribution in [-0.2, 0) is 15.7 Å². The van der Waals surface area contributed by atoms with Crippen molar-refractivity contribution in [2.75, 3.05) is 26.2 Å². The SMILES string of the molecule is CC(C)(C)OC(=O)NCC(F)(F)CN(CCO[Si](C)(C)C(C)(C)C)Cc1ccccc1. The molecule has 1 rings (SSSR count). The molecular formula is C23H40F2N2O3Si.